The van der Waals surface area contributed by atoms with Crippen molar-refractivity contribution < 1.29 is 23.1 Å². The van der Waals surface area contributed by atoms with E-state index < -0.39 is 17.7 Å². The number of nitrogens with zero attached hydrogens (tertiary/aromatic N) is 2. The van der Waals surface area contributed by atoms with Crippen LogP contribution in [0.2, 0.25) is 0 Å². The Morgan fingerprint density at radius 2 is 2.03 bits per heavy atom. The van der Waals surface area contributed by atoms with Crippen molar-refractivity contribution in [2.75, 3.05) is 20.3 Å². The van der Waals surface area contributed by atoms with E-state index in [1.165, 1.54) is 35.7 Å². The summed E-state index contributed by atoms with van der Waals surface area (Å²) in [5.74, 6) is -2.29. The summed E-state index contributed by atoms with van der Waals surface area (Å²) in [4.78, 5) is 33.1. The van der Waals surface area contributed by atoms with Gasteiger partial charge in [-0.05, 0) is 61.9 Å². The molecule has 1 atom stereocenters. The third-order valence-electron chi connectivity index (χ3n) is 5.60. The lowest BCUT2D eigenvalue weighted by Gasteiger charge is -2.14. The minimum absolute atomic E-state index is 0.106. The highest BCUT2D eigenvalue weighted by Gasteiger charge is 2.27. The Morgan fingerprint density at radius 3 is 2.74 bits per heavy atom. The lowest BCUT2D eigenvalue weighted by atomic mass is 10.0. The van der Waals surface area contributed by atoms with Crippen LogP contribution in [0.4, 0.5) is 8.78 Å². The van der Waals surface area contributed by atoms with E-state index in [4.69, 9.17) is 4.74 Å². The van der Waals surface area contributed by atoms with Gasteiger partial charge >= 0.3 is 0 Å². The van der Waals surface area contributed by atoms with Crippen LogP contribution in [0.25, 0.3) is 21.3 Å². The number of nitrogens with one attached hydrogen (secondary N) is 2. The number of thiazole rings is 1. The Bertz CT molecular complexity index is 1160. The number of pyridine rings is 1. The van der Waals surface area contributed by atoms with E-state index in [9.17, 15) is 18.4 Å². The van der Waals surface area contributed by atoms with Crippen molar-refractivity contribution in [1.29, 1.82) is 0 Å². The molecule has 2 N–H and O–H groups in total. The molecular formula is C24H26F2N4O3S. The number of halogens is 2. The zero-order chi connectivity index (χ0) is 24.1. The van der Waals surface area contributed by atoms with E-state index in [0.717, 1.165) is 19.3 Å². The summed E-state index contributed by atoms with van der Waals surface area (Å²) in [7, 11) is 1.62. The molecule has 2 aromatic heterocycles. The van der Waals surface area contributed by atoms with E-state index >= 15 is 0 Å². The first-order valence-electron chi connectivity index (χ1n) is 11.2. The van der Waals surface area contributed by atoms with Gasteiger partial charge in [-0.25, -0.2) is 14.4 Å². The van der Waals surface area contributed by atoms with E-state index in [-0.39, 0.29) is 29.9 Å². The molecule has 1 aliphatic rings. The largest absolute Gasteiger partial charge is 0.385 e. The molecule has 1 aliphatic carbocycles. The highest BCUT2D eigenvalue weighted by atomic mass is 32.1. The SMILES string of the molecule is COCCCCC(C(=O)NCC(=O)NC1CC1)c1nc2c(F)cc(-c3ccc(F)nc3)cc2s1. The fourth-order valence-corrected chi connectivity index (χ4v) is 4.78. The zero-order valence-electron chi connectivity index (χ0n) is 18.8. The van der Waals surface area contributed by atoms with Crippen LogP contribution < -0.4 is 10.6 Å². The van der Waals surface area contributed by atoms with Crippen LogP contribution in [-0.2, 0) is 14.3 Å². The van der Waals surface area contributed by atoms with Crippen LogP contribution in [0.5, 0.6) is 0 Å². The highest BCUT2D eigenvalue weighted by Crippen LogP contribution is 2.35. The van der Waals surface area contributed by atoms with Gasteiger partial charge in [0.05, 0.1) is 17.2 Å². The van der Waals surface area contributed by atoms with Crippen LogP contribution in [-0.4, -0.2) is 48.1 Å². The number of aromatic nitrogens is 2. The van der Waals surface area contributed by atoms with Crippen molar-refractivity contribution in [3.05, 3.63) is 47.2 Å². The second kappa shape index (κ2) is 11.0. The van der Waals surface area contributed by atoms with Crippen molar-refractivity contribution in [2.24, 2.45) is 0 Å². The highest BCUT2D eigenvalue weighted by molar-refractivity contribution is 7.18. The fraction of sp³-hybridized carbons (Fsp3) is 0.417. The molecule has 1 aromatic carbocycles. The van der Waals surface area contributed by atoms with Gasteiger partial charge in [-0.3, -0.25) is 9.59 Å². The Labute approximate surface area is 199 Å². The number of unbranched alkanes of at least 4 members (excludes halogenated alkanes) is 1. The van der Waals surface area contributed by atoms with Gasteiger partial charge < -0.3 is 15.4 Å². The van der Waals surface area contributed by atoms with Crippen molar-refractivity contribution in [3.63, 3.8) is 0 Å². The third kappa shape index (κ3) is 6.12. The van der Waals surface area contributed by atoms with Gasteiger partial charge in [0.15, 0.2) is 5.82 Å². The first kappa shape index (κ1) is 24.2. The fourth-order valence-electron chi connectivity index (χ4n) is 3.63. The van der Waals surface area contributed by atoms with E-state index in [0.29, 0.717) is 40.3 Å². The second-order valence-corrected chi connectivity index (χ2v) is 9.39. The van der Waals surface area contributed by atoms with Crippen LogP contribution in [0, 0.1) is 11.8 Å². The molecule has 2 heterocycles. The van der Waals surface area contributed by atoms with Gasteiger partial charge in [0.2, 0.25) is 17.8 Å². The van der Waals surface area contributed by atoms with Crippen molar-refractivity contribution in [3.8, 4) is 11.1 Å². The number of rotatable bonds is 11. The maximum Gasteiger partial charge on any atom is 0.239 e. The van der Waals surface area contributed by atoms with Crippen LogP contribution >= 0.6 is 11.3 Å². The lowest BCUT2D eigenvalue weighted by Crippen LogP contribution is -2.39. The smallest absolute Gasteiger partial charge is 0.239 e. The number of fused-ring (bicyclic) bond motifs is 1. The lowest BCUT2D eigenvalue weighted by molar-refractivity contribution is -0.127. The summed E-state index contributed by atoms with van der Waals surface area (Å²) in [6.45, 7) is 0.465. The summed E-state index contributed by atoms with van der Waals surface area (Å²) in [5.41, 5.74) is 1.30. The number of ether oxygens (including phenoxy) is 1. The normalized spacial score (nSPS) is 14.2. The number of methoxy groups -OCH3 is 1. The molecule has 2 amide bonds. The number of carbonyl (C=O) groups excluding carboxylic acids is 2. The number of hydrogen-bond donors (Lipinski definition) is 2. The molecule has 1 unspecified atom stereocenters. The Balaban J connectivity index is 1.55. The molecule has 4 rings (SSSR count). The van der Waals surface area contributed by atoms with Crippen LogP contribution in [0.1, 0.15) is 43.0 Å². The standard InChI is InChI=1S/C24H26F2N4O3S/c1-33-9-3-2-4-17(23(32)28-13-21(31)29-16-6-7-16)24-30-22-18(25)10-15(11-19(22)34-24)14-5-8-20(26)27-12-14/h5,8,10-12,16-17H,2-4,6-7,9,13H2,1H3,(H,28,32)(H,29,31). The molecule has 7 nitrogen and oxygen atoms in total. The molecule has 10 heteroatoms. The van der Waals surface area contributed by atoms with Crippen molar-refractivity contribution in [2.45, 2.75) is 44.1 Å². The zero-order valence-corrected chi connectivity index (χ0v) is 19.6. The van der Waals surface area contributed by atoms with Gasteiger partial charge in [0, 0.05) is 31.5 Å². The minimum Gasteiger partial charge on any atom is -0.385 e. The molecule has 1 fully saturated rings. The summed E-state index contributed by atoms with van der Waals surface area (Å²) in [6, 6.07) is 6.06. The minimum atomic E-state index is -0.613. The molecule has 3 aromatic rings. The Kier molecular flexibility index (Phi) is 7.79. The molecular weight excluding hydrogens is 462 g/mol. The van der Waals surface area contributed by atoms with E-state index in [1.807, 2.05) is 0 Å². The summed E-state index contributed by atoms with van der Waals surface area (Å²) >= 11 is 1.24. The molecule has 0 saturated heterocycles. The van der Waals surface area contributed by atoms with Crippen molar-refractivity contribution in [1.82, 2.24) is 20.6 Å². The monoisotopic (exact) mass is 488 g/mol. The topological polar surface area (TPSA) is 93.2 Å². The first-order chi connectivity index (χ1) is 16.4. The summed E-state index contributed by atoms with van der Waals surface area (Å²) < 4.78 is 33.7. The predicted octanol–water partition coefficient (Wildman–Crippen LogP) is 3.93. The maximum absolute atomic E-state index is 14.9. The van der Waals surface area contributed by atoms with Gasteiger partial charge in [-0.15, -0.1) is 11.3 Å². The van der Waals surface area contributed by atoms with Gasteiger partial charge in [-0.1, -0.05) is 0 Å². The average molecular weight is 489 g/mol. The number of carbonyl (C=O) groups is 2. The molecule has 34 heavy (non-hydrogen) atoms. The molecule has 0 spiro atoms. The second-order valence-electron chi connectivity index (χ2n) is 8.33. The average Bonchev–Trinajstić information content (AvgIpc) is 3.53. The van der Waals surface area contributed by atoms with E-state index in [2.05, 4.69) is 20.6 Å². The number of benzene rings is 1. The molecule has 180 valence electrons. The third-order valence-corrected chi connectivity index (χ3v) is 6.71. The number of amides is 2. The van der Waals surface area contributed by atoms with Crippen LogP contribution in [0.3, 0.4) is 0 Å². The summed E-state index contributed by atoms with van der Waals surface area (Å²) in [6.07, 6.45) is 5.25. The Hall–Kier alpha value is -2.98. The molecule has 0 aliphatic heterocycles. The molecule has 0 bridgehead atoms. The van der Waals surface area contributed by atoms with Gasteiger partial charge in [0.25, 0.3) is 0 Å². The van der Waals surface area contributed by atoms with E-state index in [1.54, 1.807) is 13.2 Å². The number of hydrogen-bond acceptors (Lipinski definition) is 6. The van der Waals surface area contributed by atoms with Crippen LogP contribution in [0.15, 0.2) is 30.5 Å². The molecule has 1 saturated carbocycles. The van der Waals surface area contributed by atoms with Gasteiger partial charge in [-0.2, -0.15) is 4.39 Å². The molecule has 0 radical (unpaired) electrons. The quantitative estimate of drug-likeness (QED) is 0.315. The first-order valence-corrected chi connectivity index (χ1v) is 12.0. The Morgan fingerprint density at radius 1 is 1.21 bits per heavy atom. The van der Waals surface area contributed by atoms with Crippen molar-refractivity contribution >= 4 is 33.4 Å². The van der Waals surface area contributed by atoms with Gasteiger partial charge in [0.1, 0.15) is 10.5 Å². The summed E-state index contributed by atoms with van der Waals surface area (Å²) in [5, 5.41) is 6.03. The predicted molar refractivity (Wildman–Crippen MR) is 125 cm³/mol. The maximum atomic E-state index is 14.9.